The smallest absolute Gasteiger partial charge is 0.333 e. The normalized spacial score (nSPS) is 15.7. The number of benzene rings is 2. The SMILES string of the molecule is C=C(C)n1c(=O)n(CCN2CCC(Cc3c[nH]c4ccc(F)cc34)CC2)c2ccccc21. The summed E-state index contributed by atoms with van der Waals surface area (Å²) in [5, 5.41) is 1.00. The van der Waals surface area contributed by atoms with E-state index in [0.29, 0.717) is 12.5 Å². The Morgan fingerprint density at radius 2 is 1.88 bits per heavy atom. The van der Waals surface area contributed by atoms with Crippen LogP contribution in [0.25, 0.3) is 27.6 Å². The molecule has 32 heavy (non-hydrogen) atoms. The highest BCUT2D eigenvalue weighted by Gasteiger charge is 2.21. The first-order chi connectivity index (χ1) is 15.5. The fourth-order valence-corrected chi connectivity index (χ4v) is 5.08. The Labute approximate surface area is 186 Å². The van der Waals surface area contributed by atoms with Crippen LogP contribution in [0.4, 0.5) is 4.39 Å². The fraction of sp³-hybridized carbons (Fsp3) is 0.346. The molecule has 0 unspecified atom stereocenters. The molecule has 0 spiro atoms. The van der Waals surface area contributed by atoms with Crippen LogP contribution >= 0.6 is 0 Å². The van der Waals surface area contributed by atoms with Crippen molar-refractivity contribution in [1.82, 2.24) is 19.0 Å². The van der Waals surface area contributed by atoms with Gasteiger partial charge in [-0.15, -0.1) is 0 Å². The Morgan fingerprint density at radius 1 is 1.12 bits per heavy atom. The third-order valence-corrected chi connectivity index (χ3v) is 6.80. The predicted molar refractivity (Wildman–Crippen MR) is 128 cm³/mol. The van der Waals surface area contributed by atoms with E-state index in [-0.39, 0.29) is 11.5 Å². The van der Waals surface area contributed by atoms with E-state index in [2.05, 4.69) is 16.5 Å². The maximum absolute atomic E-state index is 13.7. The van der Waals surface area contributed by atoms with Gasteiger partial charge in [-0.25, -0.2) is 9.18 Å². The summed E-state index contributed by atoms with van der Waals surface area (Å²) < 4.78 is 17.2. The van der Waals surface area contributed by atoms with Crippen LogP contribution in [-0.4, -0.2) is 38.7 Å². The van der Waals surface area contributed by atoms with Gasteiger partial charge in [0.05, 0.1) is 11.0 Å². The van der Waals surface area contributed by atoms with Crippen LogP contribution in [0.5, 0.6) is 0 Å². The number of aromatic nitrogens is 3. The molecule has 5 rings (SSSR count). The average molecular weight is 433 g/mol. The van der Waals surface area contributed by atoms with Crippen LogP contribution in [0.1, 0.15) is 25.3 Å². The van der Waals surface area contributed by atoms with Crippen molar-refractivity contribution in [3.63, 3.8) is 0 Å². The number of rotatable bonds is 6. The van der Waals surface area contributed by atoms with Gasteiger partial charge in [0.1, 0.15) is 5.82 Å². The molecule has 0 amide bonds. The lowest BCUT2D eigenvalue weighted by molar-refractivity contribution is 0.178. The number of nitrogens with one attached hydrogen (secondary N) is 1. The number of H-pyrrole nitrogens is 1. The van der Waals surface area contributed by atoms with Crippen LogP contribution in [-0.2, 0) is 13.0 Å². The molecule has 3 heterocycles. The van der Waals surface area contributed by atoms with E-state index in [4.69, 9.17) is 0 Å². The second-order valence-corrected chi connectivity index (χ2v) is 8.99. The first kappa shape index (κ1) is 20.8. The summed E-state index contributed by atoms with van der Waals surface area (Å²) in [6.07, 6.45) is 5.23. The van der Waals surface area contributed by atoms with E-state index in [1.807, 2.05) is 48.0 Å². The number of likely N-dealkylation sites (tertiary alicyclic amines) is 1. The van der Waals surface area contributed by atoms with E-state index >= 15 is 0 Å². The molecule has 1 N–H and O–H groups in total. The second kappa shape index (κ2) is 8.43. The van der Waals surface area contributed by atoms with Crippen molar-refractivity contribution in [2.75, 3.05) is 19.6 Å². The van der Waals surface area contributed by atoms with Gasteiger partial charge in [-0.1, -0.05) is 18.7 Å². The highest BCUT2D eigenvalue weighted by Crippen LogP contribution is 2.27. The number of aromatic amines is 1. The molecule has 2 aromatic carbocycles. The minimum atomic E-state index is -0.184. The minimum Gasteiger partial charge on any atom is -0.361 e. The number of piperidine rings is 1. The summed E-state index contributed by atoms with van der Waals surface area (Å²) in [5.74, 6) is 0.415. The van der Waals surface area contributed by atoms with Crippen molar-refractivity contribution in [3.05, 3.63) is 77.1 Å². The maximum Gasteiger partial charge on any atom is 0.333 e. The van der Waals surface area contributed by atoms with E-state index in [1.165, 1.54) is 11.6 Å². The number of hydrogen-bond donors (Lipinski definition) is 1. The third-order valence-electron chi connectivity index (χ3n) is 6.80. The zero-order valence-corrected chi connectivity index (χ0v) is 18.5. The van der Waals surface area contributed by atoms with Crippen LogP contribution < -0.4 is 5.69 Å². The summed E-state index contributed by atoms with van der Waals surface area (Å²) in [6, 6.07) is 12.9. The molecular formula is C26H29FN4O. The van der Waals surface area contributed by atoms with E-state index in [0.717, 1.165) is 66.5 Å². The minimum absolute atomic E-state index is 0.0137. The van der Waals surface area contributed by atoms with Crippen molar-refractivity contribution in [2.45, 2.75) is 32.7 Å². The highest BCUT2D eigenvalue weighted by atomic mass is 19.1. The van der Waals surface area contributed by atoms with Crippen molar-refractivity contribution >= 4 is 27.6 Å². The monoisotopic (exact) mass is 432 g/mol. The second-order valence-electron chi connectivity index (χ2n) is 8.99. The quantitative estimate of drug-likeness (QED) is 0.473. The van der Waals surface area contributed by atoms with E-state index in [1.54, 1.807) is 10.6 Å². The molecule has 6 heteroatoms. The number of allylic oxidation sites excluding steroid dienone is 1. The maximum atomic E-state index is 13.7. The summed E-state index contributed by atoms with van der Waals surface area (Å²) in [4.78, 5) is 18.7. The van der Waals surface area contributed by atoms with E-state index in [9.17, 15) is 9.18 Å². The van der Waals surface area contributed by atoms with Crippen molar-refractivity contribution in [1.29, 1.82) is 0 Å². The number of imidazole rings is 1. The van der Waals surface area contributed by atoms with Gasteiger partial charge in [0.15, 0.2) is 0 Å². The molecule has 5 nitrogen and oxygen atoms in total. The summed E-state index contributed by atoms with van der Waals surface area (Å²) in [5.41, 5.74) is 4.80. The molecule has 1 aliphatic heterocycles. The Morgan fingerprint density at radius 3 is 2.62 bits per heavy atom. The van der Waals surface area contributed by atoms with Gasteiger partial charge < -0.3 is 9.88 Å². The third kappa shape index (κ3) is 3.79. The lowest BCUT2D eigenvalue weighted by atomic mass is 9.90. The lowest BCUT2D eigenvalue weighted by Gasteiger charge is -2.32. The van der Waals surface area contributed by atoms with Crippen molar-refractivity contribution in [2.24, 2.45) is 5.92 Å². The number of nitrogens with zero attached hydrogens (tertiary/aromatic N) is 3. The van der Waals surface area contributed by atoms with Crippen molar-refractivity contribution in [3.8, 4) is 0 Å². The number of hydrogen-bond acceptors (Lipinski definition) is 2. The summed E-state index contributed by atoms with van der Waals surface area (Å²) in [6.45, 7) is 9.42. The Bertz CT molecular complexity index is 1340. The van der Waals surface area contributed by atoms with Gasteiger partial charge in [-0.2, -0.15) is 0 Å². The average Bonchev–Trinajstić information content (AvgIpc) is 3.30. The van der Waals surface area contributed by atoms with Gasteiger partial charge in [0, 0.05) is 35.9 Å². The number of halogens is 1. The standard InChI is InChI=1S/C26H29FN4O/c1-18(2)31-25-6-4-3-5-24(25)30(26(31)32)14-13-29-11-9-19(10-12-29)15-20-17-28-23-8-7-21(27)16-22(20)23/h3-8,16-17,19,28H,1,9-15H2,2H3. The molecular weight excluding hydrogens is 403 g/mol. The highest BCUT2D eigenvalue weighted by molar-refractivity contribution is 5.83. The van der Waals surface area contributed by atoms with Gasteiger partial charge >= 0.3 is 5.69 Å². The zero-order chi connectivity index (χ0) is 22.2. The number of para-hydroxylation sites is 2. The van der Waals surface area contributed by atoms with Gasteiger partial charge in [-0.3, -0.25) is 9.13 Å². The largest absolute Gasteiger partial charge is 0.361 e. The van der Waals surface area contributed by atoms with Crippen molar-refractivity contribution < 1.29 is 4.39 Å². The Kier molecular flexibility index (Phi) is 5.47. The molecule has 0 radical (unpaired) electrons. The molecule has 166 valence electrons. The summed E-state index contributed by atoms with van der Waals surface area (Å²) in [7, 11) is 0. The molecule has 1 aliphatic rings. The lowest BCUT2D eigenvalue weighted by Crippen LogP contribution is -2.37. The number of fused-ring (bicyclic) bond motifs is 2. The van der Waals surface area contributed by atoms with Crippen LogP contribution in [0.3, 0.4) is 0 Å². The van der Waals surface area contributed by atoms with Gasteiger partial charge in [0.25, 0.3) is 0 Å². The van der Waals surface area contributed by atoms with Gasteiger partial charge in [0.2, 0.25) is 0 Å². The van der Waals surface area contributed by atoms with Gasteiger partial charge in [-0.05, 0) is 81.1 Å². The zero-order valence-electron chi connectivity index (χ0n) is 18.5. The first-order valence-electron chi connectivity index (χ1n) is 11.4. The molecule has 0 aliphatic carbocycles. The topological polar surface area (TPSA) is 46.0 Å². The first-order valence-corrected chi connectivity index (χ1v) is 11.4. The summed E-state index contributed by atoms with van der Waals surface area (Å²) >= 11 is 0. The molecule has 1 fully saturated rings. The molecule has 1 saturated heterocycles. The fourth-order valence-electron chi connectivity index (χ4n) is 5.08. The Balaban J connectivity index is 1.23. The molecule has 0 saturated carbocycles. The molecule has 0 atom stereocenters. The molecule has 4 aromatic rings. The van der Waals surface area contributed by atoms with Crippen LogP contribution in [0.15, 0.2) is 60.0 Å². The predicted octanol–water partition coefficient (Wildman–Crippen LogP) is 4.87. The molecule has 2 aromatic heterocycles. The van der Waals surface area contributed by atoms with Crippen LogP contribution in [0.2, 0.25) is 0 Å². The Hall–Kier alpha value is -3.12. The molecule has 0 bridgehead atoms. The van der Waals surface area contributed by atoms with E-state index < -0.39 is 0 Å². The van der Waals surface area contributed by atoms with Crippen LogP contribution in [0, 0.1) is 11.7 Å².